The van der Waals surface area contributed by atoms with E-state index in [9.17, 15) is 9.90 Å². The molecule has 30 heavy (non-hydrogen) atoms. The Hall–Kier alpha value is -3.22. The predicted octanol–water partition coefficient (Wildman–Crippen LogP) is 4.90. The van der Waals surface area contributed by atoms with E-state index < -0.39 is 5.91 Å². The number of anilines is 1. The van der Waals surface area contributed by atoms with E-state index in [-0.39, 0.29) is 11.3 Å². The summed E-state index contributed by atoms with van der Waals surface area (Å²) in [6.07, 6.45) is 0. The van der Waals surface area contributed by atoms with Gasteiger partial charge < -0.3 is 24.6 Å². The highest BCUT2D eigenvalue weighted by Crippen LogP contribution is 2.25. The minimum atomic E-state index is -0.427. The molecule has 2 N–H and O–H groups in total. The second kappa shape index (κ2) is 10.5. The van der Waals surface area contributed by atoms with E-state index in [2.05, 4.69) is 5.32 Å². The first-order valence-electron chi connectivity index (χ1n) is 9.28. The third-order valence-corrected chi connectivity index (χ3v) is 4.41. The van der Waals surface area contributed by atoms with Crippen molar-refractivity contribution in [2.75, 3.05) is 25.6 Å². The third-order valence-electron chi connectivity index (χ3n) is 4.18. The zero-order chi connectivity index (χ0) is 21.3. The molecule has 1 amide bonds. The normalized spacial score (nSPS) is 10.5. The molecule has 0 aliphatic rings. The summed E-state index contributed by atoms with van der Waals surface area (Å²) >= 11 is 5.97. The van der Waals surface area contributed by atoms with Gasteiger partial charge in [0.15, 0.2) is 0 Å². The molecule has 0 heterocycles. The number of aromatic hydroxyl groups is 1. The van der Waals surface area contributed by atoms with Gasteiger partial charge in [0, 0.05) is 23.9 Å². The van der Waals surface area contributed by atoms with Crippen LogP contribution in [0.5, 0.6) is 17.2 Å². The smallest absolute Gasteiger partial charge is 0.259 e. The average molecular weight is 428 g/mol. The van der Waals surface area contributed by atoms with Gasteiger partial charge in [-0.25, -0.2) is 0 Å². The lowest BCUT2D eigenvalue weighted by molar-refractivity contribution is 0.102. The highest BCUT2D eigenvalue weighted by Gasteiger charge is 2.12. The number of hydrogen-bond acceptors (Lipinski definition) is 5. The van der Waals surface area contributed by atoms with Gasteiger partial charge in [0.2, 0.25) is 0 Å². The van der Waals surface area contributed by atoms with Gasteiger partial charge in [-0.2, -0.15) is 0 Å². The Morgan fingerprint density at radius 3 is 2.43 bits per heavy atom. The van der Waals surface area contributed by atoms with Crippen LogP contribution in [-0.2, 0) is 11.3 Å². The molecule has 3 rings (SSSR count). The number of hydrogen-bond donors (Lipinski definition) is 2. The van der Waals surface area contributed by atoms with E-state index in [0.717, 1.165) is 5.56 Å². The maximum absolute atomic E-state index is 12.5. The van der Waals surface area contributed by atoms with Crippen LogP contribution in [0.4, 0.5) is 5.69 Å². The van der Waals surface area contributed by atoms with Crippen LogP contribution in [0, 0.1) is 0 Å². The number of carbonyl (C=O) groups excluding carboxylic acids is 1. The van der Waals surface area contributed by atoms with Crippen molar-refractivity contribution in [1.82, 2.24) is 0 Å². The fraction of sp³-hybridized carbons (Fsp3) is 0.174. The number of methoxy groups -OCH3 is 1. The Morgan fingerprint density at radius 1 is 0.967 bits per heavy atom. The highest BCUT2D eigenvalue weighted by atomic mass is 35.5. The molecule has 0 radical (unpaired) electrons. The number of rotatable bonds is 9. The zero-order valence-electron chi connectivity index (χ0n) is 16.4. The van der Waals surface area contributed by atoms with Crippen LogP contribution in [-0.4, -0.2) is 31.3 Å². The van der Waals surface area contributed by atoms with E-state index in [1.54, 1.807) is 37.4 Å². The van der Waals surface area contributed by atoms with Crippen LogP contribution in [0.1, 0.15) is 15.9 Å². The summed E-state index contributed by atoms with van der Waals surface area (Å²) in [7, 11) is 1.58. The molecule has 3 aromatic rings. The van der Waals surface area contributed by atoms with E-state index in [1.807, 2.05) is 24.3 Å². The lowest BCUT2D eigenvalue weighted by Crippen LogP contribution is -2.12. The lowest BCUT2D eigenvalue weighted by atomic mass is 10.1. The second-order valence-electron chi connectivity index (χ2n) is 6.42. The molecule has 0 fully saturated rings. The number of phenols is 1. The number of ether oxygens (including phenoxy) is 3. The molecule has 7 heteroatoms. The molecule has 6 nitrogen and oxygen atoms in total. The molecule has 0 aliphatic carbocycles. The van der Waals surface area contributed by atoms with Crippen molar-refractivity contribution < 1.29 is 24.1 Å². The van der Waals surface area contributed by atoms with Gasteiger partial charge in [-0.3, -0.25) is 4.79 Å². The molecule has 3 aromatic carbocycles. The molecule has 0 bridgehead atoms. The predicted molar refractivity (Wildman–Crippen MR) is 116 cm³/mol. The summed E-state index contributed by atoms with van der Waals surface area (Å²) in [5.41, 5.74) is 1.69. The molecule has 0 saturated heterocycles. The minimum Gasteiger partial charge on any atom is -0.507 e. The topological polar surface area (TPSA) is 77.0 Å². The largest absolute Gasteiger partial charge is 0.507 e. The standard InChI is InChI=1S/C23H22ClNO5/c1-28-11-12-29-20-9-10-21(22(26)14-20)23(27)25-18-5-7-19(8-6-18)30-15-16-3-2-4-17(24)13-16/h2-10,13-14,26H,11-12,15H2,1H3,(H,25,27). The summed E-state index contributed by atoms with van der Waals surface area (Å²) in [5.74, 6) is 0.531. The zero-order valence-corrected chi connectivity index (χ0v) is 17.2. The molecular weight excluding hydrogens is 406 g/mol. The number of halogens is 1. The number of amides is 1. The van der Waals surface area contributed by atoms with Gasteiger partial charge in [0.05, 0.1) is 12.2 Å². The third kappa shape index (κ3) is 6.14. The van der Waals surface area contributed by atoms with Gasteiger partial charge in [-0.15, -0.1) is 0 Å². The van der Waals surface area contributed by atoms with E-state index in [4.69, 9.17) is 25.8 Å². The SMILES string of the molecule is COCCOc1ccc(C(=O)Nc2ccc(OCc3cccc(Cl)c3)cc2)c(O)c1. The van der Waals surface area contributed by atoms with Gasteiger partial charge in [0.25, 0.3) is 5.91 Å². The molecule has 0 aromatic heterocycles. The molecule has 0 atom stereocenters. The minimum absolute atomic E-state index is 0.148. The lowest BCUT2D eigenvalue weighted by Gasteiger charge is -2.11. The molecule has 0 spiro atoms. The Bertz CT molecular complexity index is 991. The van der Waals surface area contributed by atoms with Crippen LogP contribution >= 0.6 is 11.6 Å². The van der Waals surface area contributed by atoms with Crippen molar-refractivity contribution in [3.8, 4) is 17.2 Å². The van der Waals surface area contributed by atoms with Crippen molar-refractivity contribution >= 4 is 23.2 Å². The van der Waals surface area contributed by atoms with E-state index >= 15 is 0 Å². The fourth-order valence-corrected chi connectivity index (χ4v) is 2.88. The first kappa shape index (κ1) is 21.5. The van der Waals surface area contributed by atoms with Gasteiger partial charge in [0.1, 0.15) is 30.5 Å². The van der Waals surface area contributed by atoms with Gasteiger partial charge >= 0.3 is 0 Å². The van der Waals surface area contributed by atoms with Crippen molar-refractivity contribution in [1.29, 1.82) is 0 Å². The van der Waals surface area contributed by atoms with Crippen LogP contribution in [0.3, 0.4) is 0 Å². The van der Waals surface area contributed by atoms with E-state index in [1.165, 1.54) is 12.1 Å². The molecule has 0 saturated carbocycles. The Balaban J connectivity index is 1.56. The average Bonchev–Trinajstić information content (AvgIpc) is 2.73. The van der Waals surface area contributed by atoms with Crippen LogP contribution in [0.2, 0.25) is 5.02 Å². The Labute approximate surface area is 180 Å². The summed E-state index contributed by atoms with van der Waals surface area (Å²) in [6.45, 7) is 1.17. The first-order chi connectivity index (χ1) is 14.5. The Kier molecular flexibility index (Phi) is 7.54. The number of benzene rings is 3. The maximum atomic E-state index is 12.5. The second-order valence-corrected chi connectivity index (χ2v) is 6.85. The van der Waals surface area contributed by atoms with Crippen LogP contribution < -0.4 is 14.8 Å². The highest BCUT2D eigenvalue weighted by molar-refractivity contribution is 6.30. The van der Waals surface area contributed by atoms with Crippen molar-refractivity contribution in [2.24, 2.45) is 0 Å². The number of nitrogens with one attached hydrogen (secondary N) is 1. The maximum Gasteiger partial charge on any atom is 0.259 e. The molecular formula is C23H22ClNO5. The summed E-state index contributed by atoms with van der Waals surface area (Å²) in [4.78, 5) is 12.5. The van der Waals surface area contributed by atoms with Gasteiger partial charge in [-0.1, -0.05) is 23.7 Å². The molecule has 156 valence electrons. The Morgan fingerprint density at radius 2 is 1.73 bits per heavy atom. The van der Waals surface area contributed by atoms with E-state index in [0.29, 0.717) is 42.0 Å². The van der Waals surface area contributed by atoms with Crippen molar-refractivity contribution in [3.05, 3.63) is 82.9 Å². The summed E-state index contributed by atoms with van der Waals surface area (Å²) in [6, 6.07) is 18.9. The van der Waals surface area contributed by atoms with Crippen molar-refractivity contribution in [3.63, 3.8) is 0 Å². The summed E-state index contributed by atoms with van der Waals surface area (Å²) < 4.78 is 16.1. The van der Waals surface area contributed by atoms with Crippen LogP contribution in [0.15, 0.2) is 66.7 Å². The van der Waals surface area contributed by atoms with Crippen molar-refractivity contribution in [2.45, 2.75) is 6.61 Å². The van der Waals surface area contributed by atoms with Gasteiger partial charge in [-0.05, 0) is 54.1 Å². The fourth-order valence-electron chi connectivity index (χ4n) is 2.66. The molecule has 0 unspecified atom stereocenters. The number of phenolic OH excluding ortho intramolecular Hbond substituents is 1. The number of carbonyl (C=O) groups is 1. The molecule has 0 aliphatic heterocycles. The van der Waals surface area contributed by atoms with Crippen LogP contribution in [0.25, 0.3) is 0 Å². The quantitative estimate of drug-likeness (QED) is 0.475. The monoisotopic (exact) mass is 427 g/mol. The first-order valence-corrected chi connectivity index (χ1v) is 9.66. The summed E-state index contributed by atoms with van der Waals surface area (Å²) in [5, 5.41) is 13.5.